The van der Waals surface area contributed by atoms with Crippen molar-refractivity contribution in [2.75, 3.05) is 25.0 Å². The van der Waals surface area contributed by atoms with Crippen LogP contribution in [0.2, 0.25) is 5.15 Å². The monoisotopic (exact) mass is 268 g/mol. The Morgan fingerprint density at radius 3 is 2.78 bits per heavy atom. The highest BCUT2D eigenvalue weighted by atomic mass is 35.5. The summed E-state index contributed by atoms with van der Waals surface area (Å²) < 4.78 is 0. The Kier molecular flexibility index (Phi) is 4.78. The minimum absolute atomic E-state index is 0.533. The maximum atomic E-state index is 6.07. The molecule has 0 bridgehead atoms. The number of rotatable bonds is 5. The highest BCUT2D eigenvalue weighted by Crippen LogP contribution is 2.20. The molecule has 1 N–H and O–H groups in total. The van der Waals surface area contributed by atoms with E-state index in [1.165, 1.54) is 32.3 Å². The highest BCUT2D eigenvalue weighted by molar-refractivity contribution is 6.30. The molecule has 4 nitrogen and oxygen atoms in total. The van der Waals surface area contributed by atoms with Crippen LogP contribution >= 0.6 is 11.6 Å². The molecule has 2 rings (SSSR count). The zero-order valence-electron chi connectivity index (χ0n) is 11.1. The van der Waals surface area contributed by atoms with Crippen molar-refractivity contribution >= 4 is 17.4 Å². The molecule has 0 aliphatic carbocycles. The third-order valence-corrected chi connectivity index (χ3v) is 3.90. The van der Waals surface area contributed by atoms with Crippen molar-refractivity contribution in [2.45, 2.75) is 39.2 Å². The van der Waals surface area contributed by atoms with Gasteiger partial charge in [0.2, 0.25) is 0 Å². The van der Waals surface area contributed by atoms with Gasteiger partial charge in [0.05, 0.1) is 0 Å². The molecule has 1 saturated heterocycles. The molecule has 0 saturated carbocycles. The Bertz CT molecular complexity index is 391. The van der Waals surface area contributed by atoms with E-state index in [2.05, 4.69) is 34.0 Å². The Labute approximate surface area is 114 Å². The van der Waals surface area contributed by atoms with Crippen LogP contribution in [0.25, 0.3) is 0 Å². The van der Waals surface area contributed by atoms with Crippen molar-refractivity contribution in [2.24, 2.45) is 0 Å². The van der Waals surface area contributed by atoms with E-state index in [1.54, 1.807) is 0 Å². The van der Waals surface area contributed by atoms with Crippen LogP contribution in [0, 0.1) is 0 Å². The van der Waals surface area contributed by atoms with E-state index >= 15 is 0 Å². The fourth-order valence-electron chi connectivity index (χ4n) is 2.41. The number of anilines is 1. The van der Waals surface area contributed by atoms with E-state index in [0.717, 1.165) is 24.3 Å². The lowest BCUT2D eigenvalue weighted by Crippen LogP contribution is -2.35. The summed E-state index contributed by atoms with van der Waals surface area (Å²) in [6.45, 7) is 7.66. The van der Waals surface area contributed by atoms with Gasteiger partial charge in [-0.25, -0.2) is 9.97 Å². The molecule has 1 aliphatic rings. The van der Waals surface area contributed by atoms with Gasteiger partial charge in [-0.1, -0.05) is 18.5 Å². The topological polar surface area (TPSA) is 41.1 Å². The molecule has 18 heavy (non-hydrogen) atoms. The molecule has 2 heterocycles. The van der Waals surface area contributed by atoms with Gasteiger partial charge in [-0.15, -0.1) is 0 Å². The first-order chi connectivity index (χ1) is 8.72. The van der Waals surface area contributed by atoms with Crippen molar-refractivity contribution in [1.29, 1.82) is 0 Å². The molecule has 1 unspecified atom stereocenters. The van der Waals surface area contributed by atoms with Crippen molar-refractivity contribution < 1.29 is 0 Å². The Balaban J connectivity index is 1.95. The first-order valence-electron chi connectivity index (χ1n) is 6.69. The molecule has 0 aromatic carbocycles. The second-order valence-corrected chi connectivity index (χ2v) is 5.18. The van der Waals surface area contributed by atoms with Gasteiger partial charge in [-0.2, -0.15) is 0 Å². The maximum Gasteiger partial charge on any atom is 0.137 e. The Hall–Kier alpha value is -0.870. The van der Waals surface area contributed by atoms with Crippen LogP contribution in [0.3, 0.4) is 0 Å². The molecular formula is C13H21ClN4. The third kappa shape index (κ3) is 3.12. The Morgan fingerprint density at radius 2 is 2.11 bits per heavy atom. The summed E-state index contributed by atoms with van der Waals surface area (Å²) in [5.74, 6) is 0.878. The summed E-state index contributed by atoms with van der Waals surface area (Å²) in [6.07, 6.45) is 5.01. The minimum atomic E-state index is 0.533. The summed E-state index contributed by atoms with van der Waals surface area (Å²) in [5.41, 5.74) is 1.01. The van der Waals surface area contributed by atoms with E-state index < -0.39 is 0 Å². The van der Waals surface area contributed by atoms with E-state index in [4.69, 9.17) is 11.6 Å². The first kappa shape index (κ1) is 13.6. The minimum Gasteiger partial charge on any atom is -0.368 e. The normalized spacial score (nSPS) is 17.9. The van der Waals surface area contributed by atoms with Gasteiger partial charge in [-0.05, 0) is 39.3 Å². The van der Waals surface area contributed by atoms with E-state index in [0.29, 0.717) is 11.2 Å². The predicted molar refractivity (Wildman–Crippen MR) is 75.2 cm³/mol. The summed E-state index contributed by atoms with van der Waals surface area (Å²) in [6, 6.07) is 0.533. The molecule has 0 amide bonds. The maximum absolute atomic E-state index is 6.07. The van der Waals surface area contributed by atoms with Gasteiger partial charge in [0, 0.05) is 18.2 Å². The molecule has 0 radical (unpaired) electrons. The SMILES string of the molecule is CCc1c(Cl)ncnc1NCC(C)N1CCCC1. The van der Waals surface area contributed by atoms with Crippen LogP contribution in [0.5, 0.6) is 0 Å². The summed E-state index contributed by atoms with van der Waals surface area (Å²) >= 11 is 6.07. The van der Waals surface area contributed by atoms with Gasteiger partial charge in [0.15, 0.2) is 0 Å². The van der Waals surface area contributed by atoms with Gasteiger partial charge in [0.25, 0.3) is 0 Å². The van der Waals surface area contributed by atoms with Crippen LogP contribution in [0.1, 0.15) is 32.3 Å². The van der Waals surface area contributed by atoms with Crippen LogP contribution in [-0.4, -0.2) is 40.5 Å². The lowest BCUT2D eigenvalue weighted by atomic mass is 10.2. The quantitative estimate of drug-likeness (QED) is 0.834. The number of hydrogen-bond acceptors (Lipinski definition) is 4. The lowest BCUT2D eigenvalue weighted by Gasteiger charge is -2.24. The van der Waals surface area contributed by atoms with Crippen molar-refractivity contribution in [1.82, 2.24) is 14.9 Å². The van der Waals surface area contributed by atoms with E-state index in [9.17, 15) is 0 Å². The van der Waals surface area contributed by atoms with E-state index in [-0.39, 0.29) is 0 Å². The molecular weight excluding hydrogens is 248 g/mol. The van der Waals surface area contributed by atoms with Crippen LogP contribution in [0.4, 0.5) is 5.82 Å². The molecule has 1 atom stereocenters. The fraction of sp³-hybridized carbons (Fsp3) is 0.692. The molecule has 1 aromatic rings. The standard InChI is InChI=1S/C13H21ClN4/c1-3-11-12(14)16-9-17-13(11)15-8-10(2)18-6-4-5-7-18/h9-10H,3-8H2,1-2H3,(H,15,16,17). The molecule has 1 aliphatic heterocycles. The van der Waals surface area contributed by atoms with Crippen LogP contribution in [0.15, 0.2) is 6.33 Å². The number of likely N-dealkylation sites (tertiary alicyclic amines) is 1. The van der Waals surface area contributed by atoms with Crippen molar-refractivity contribution in [3.63, 3.8) is 0 Å². The zero-order valence-corrected chi connectivity index (χ0v) is 11.9. The van der Waals surface area contributed by atoms with E-state index in [1.807, 2.05) is 0 Å². The Morgan fingerprint density at radius 1 is 1.39 bits per heavy atom. The first-order valence-corrected chi connectivity index (χ1v) is 7.07. The highest BCUT2D eigenvalue weighted by Gasteiger charge is 2.18. The van der Waals surface area contributed by atoms with Crippen LogP contribution in [-0.2, 0) is 6.42 Å². The van der Waals surface area contributed by atoms with Gasteiger partial charge in [0.1, 0.15) is 17.3 Å². The zero-order chi connectivity index (χ0) is 13.0. The molecule has 1 aromatic heterocycles. The summed E-state index contributed by atoms with van der Waals surface area (Å²) in [4.78, 5) is 10.8. The third-order valence-electron chi connectivity index (χ3n) is 3.58. The summed E-state index contributed by atoms with van der Waals surface area (Å²) in [7, 11) is 0. The van der Waals surface area contributed by atoms with Gasteiger partial charge in [-0.3, -0.25) is 4.90 Å². The molecule has 1 fully saturated rings. The van der Waals surface area contributed by atoms with Crippen molar-refractivity contribution in [3.8, 4) is 0 Å². The van der Waals surface area contributed by atoms with Gasteiger partial charge < -0.3 is 5.32 Å². The predicted octanol–water partition coefficient (Wildman–Crippen LogP) is 2.59. The number of hydrogen-bond donors (Lipinski definition) is 1. The average Bonchev–Trinajstić information content (AvgIpc) is 2.90. The van der Waals surface area contributed by atoms with Crippen LogP contribution < -0.4 is 5.32 Å². The second kappa shape index (κ2) is 6.34. The number of aromatic nitrogens is 2. The van der Waals surface area contributed by atoms with Crippen molar-refractivity contribution in [3.05, 3.63) is 17.0 Å². The second-order valence-electron chi connectivity index (χ2n) is 4.82. The fourth-order valence-corrected chi connectivity index (χ4v) is 2.68. The van der Waals surface area contributed by atoms with Gasteiger partial charge >= 0.3 is 0 Å². The molecule has 0 spiro atoms. The number of nitrogens with one attached hydrogen (secondary N) is 1. The number of halogens is 1. The smallest absolute Gasteiger partial charge is 0.137 e. The molecule has 100 valence electrons. The number of nitrogens with zero attached hydrogens (tertiary/aromatic N) is 3. The molecule has 5 heteroatoms. The lowest BCUT2D eigenvalue weighted by molar-refractivity contribution is 0.269. The largest absolute Gasteiger partial charge is 0.368 e. The average molecular weight is 269 g/mol. The summed E-state index contributed by atoms with van der Waals surface area (Å²) in [5, 5.41) is 3.96.